The zero-order valence-corrected chi connectivity index (χ0v) is 17.2. The van der Waals surface area contributed by atoms with Crippen molar-refractivity contribution in [2.75, 3.05) is 27.2 Å². The molecule has 3 rings (SSSR count). The van der Waals surface area contributed by atoms with Crippen LogP contribution in [-0.4, -0.2) is 45.5 Å². The molecule has 28 heavy (non-hydrogen) atoms. The summed E-state index contributed by atoms with van der Waals surface area (Å²) in [5.41, 5.74) is 4.28. The molecule has 2 N–H and O–H groups in total. The number of sulfonamides is 1. The van der Waals surface area contributed by atoms with Gasteiger partial charge in [-0.05, 0) is 61.8 Å². The zero-order chi connectivity index (χ0) is 20.0. The molecule has 0 aliphatic rings. The van der Waals surface area contributed by atoms with Crippen LogP contribution >= 0.6 is 0 Å². The highest BCUT2D eigenvalue weighted by molar-refractivity contribution is 7.92. The molecule has 0 aliphatic heterocycles. The molecule has 3 aromatic rings. The van der Waals surface area contributed by atoms with E-state index in [1.54, 1.807) is 6.08 Å². The Hall–Kier alpha value is -2.41. The predicted molar refractivity (Wildman–Crippen MR) is 117 cm³/mol. The Bertz CT molecular complexity index is 1040. The molecule has 0 amide bonds. The number of nitrogens with zero attached hydrogens (tertiary/aromatic N) is 1. The number of H-pyrrole nitrogens is 1. The molecule has 1 aromatic heterocycles. The number of hydrogen-bond donors (Lipinski definition) is 2. The van der Waals surface area contributed by atoms with Crippen LogP contribution in [0.4, 0.5) is 0 Å². The lowest BCUT2D eigenvalue weighted by molar-refractivity contribution is 0.414. The van der Waals surface area contributed by atoms with Crippen molar-refractivity contribution in [2.24, 2.45) is 0 Å². The van der Waals surface area contributed by atoms with Crippen molar-refractivity contribution >= 4 is 27.0 Å². The van der Waals surface area contributed by atoms with Gasteiger partial charge in [0.25, 0.3) is 0 Å². The Morgan fingerprint density at radius 2 is 1.86 bits per heavy atom. The average Bonchev–Trinajstić information content (AvgIpc) is 3.08. The first-order valence-corrected chi connectivity index (χ1v) is 10.9. The van der Waals surface area contributed by atoms with Crippen LogP contribution in [0.15, 0.2) is 60.1 Å². The summed E-state index contributed by atoms with van der Waals surface area (Å²) >= 11 is 0. The number of fused-ring (bicyclic) bond motifs is 1. The first-order valence-electron chi connectivity index (χ1n) is 9.39. The normalized spacial score (nSPS) is 12.4. The Kier molecular flexibility index (Phi) is 6.67. The van der Waals surface area contributed by atoms with Crippen LogP contribution in [-0.2, 0) is 22.9 Å². The summed E-state index contributed by atoms with van der Waals surface area (Å²) in [6.07, 6.45) is 5.29. The van der Waals surface area contributed by atoms with E-state index in [4.69, 9.17) is 0 Å². The van der Waals surface area contributed by atoms with Gasteiger partial charge in [-0.2, -0.15) is 0 Å². The van der Waals surface area contributed by atoms with Crippen molar-refractivity contribution in [1.82, 2.24) is 14.6 Å². The zero-order valence-electron chi connectivity index (χ0n) is 16.4. The van der Waals surface area contributed by atoms with E-state index in [-0.39, 0.29) is 0 Å². The third kappa shape index (κ3) is 5.79. The van der Waals surface area contributed by atoms with Gasteiger partial charge in [0.05, 0.1) is 0 Å². The van der Waals surface area contributed by atoms with Crippen LogP contribution in [0.3, 0.4) is 0 Å². The van der Waals surface area contributed by atoms with E-state index in [9.17, 15) is 8.42 Å². The lowest BCUT2D eigenvalue weighted by Crippen LogP contribution is -2.23. The highest BCUT2D eigenvalue weighted by atomic mass is 32.2. The van der Waals surface area contributed by atoms with Gasteiger partial charge in [0.2, 0.25) is 10.0 Å². The second-order valence-corrected chi connectivity index (χ2v) is 8.80. The molecule has 0 bridgehead atoms. The Morgan fingerprint density at radius 3 is 2.61 bits per heavy atom. The Morgan fingerprint density at radius 1 is 1.07 bits per heavy atom. The minimum atomic E-state index is -3.47. The molecule has 0 atom stereocenters. The smallest absolute Gasteiger partial charge is 0.233 e. The number of nitrogens with one attached hydrogen (secondary N) is 2. The predicted octanol–water partition coefficient (Wildman–Crippen LogP) is 3.40. The second-order valence-electron chi connectivity index (χ2n) is 7.15. The van der Waals surface area contributed by atoms with Crippen molar-refractivity contribution in [2.45, 2.75) is 12.8 Å². The molecule has 0 spiro atoms. The number of aromatic amines is 1. The maximum Gasteiger partial charge on any atom is 0.233 e. The van der Waals surface area contributed by atoms with Crippen LogP contribution < -0.4 is 4.72 Å². The average molecular weight is 398 g/mol. The number of benzene rings is 2. The summed E-state index contributed by atoms with van der Waals surface area (Å²) in [7, 11) is 0.642. The fourth-order valence-electron chi connectivity index (χ4n) is 3.05. The third-order valence-electron chi connectivity index (χ3n) is 4.62. The van der Waals surface area contributed by atoms with Crippen molar-refractivity contribution < 1.29 is 8.42 Å². The quantitative estimate of drug-likeness (QED) is 0.582. The number of hydrogen-bond acceptors (Lipinski definition) is 3. The van der Waals surface area contributed by atoms with Gasteiger partial charge in [0.1, 0.15) is 0 Å². The minimum absolute atomic E-state index is 0.377. The minimum Gasteiger partial charge on any atom is -0.361 e. The van der Waals surface area contributed by atoms with Crippen molar-refractivity contribution in [3.05, 3.63) is 76.8 Å². The standard InChI is InChI=1S/C22H27N3O2S/c1-25(2)14-11-20-17-23-22-9-8-19(16-21(20)22)12-15-28(26,27)24-13-10-18-6-4-3-5-7-18/h3-9,12,15-17,23-24H,10-11,13-14H2,1-2H3. The summed E-state index contributed by atoms with van der Waals surface area (Å²) in [5, 5.41) is 2.38. The van der Waals surface area contributed by atoms with E-state index in [2.05, 4.69) is 28.7 Å². The highest BCUT2D eigenvalue weighted by Crippen LogP contribution is 2.21. The first-order chi connectivity index (χ1) is 13.4. The Balaban J connectivity index is 1.65. The van der Waals surface area contributed by atoms with E-state index in [1.807, 2.05) is 54.7 Å². The monoisotopic (exact) mass is 397 g/mol. The van der Waals surface area contributed by atoms with E-state index >= 15 is 0 Å². The van der Waals surface area contributed by atoms with E-state index in [0.29, 0.717) is 13.0 Å². The summed E-state index contributed by atoms with van der Waals surface area (Å²) in [5.74, 6) is 0. The van der Waals surface area contributed by atoms with Gasteiger partial charge in [-0.15, -0.1) is 0 Å². The lowest BCUT2D eigenvalue weighted by atomic mass is 10.1. The summed E-state index contributed by atoms with van der Waals surface area (Å²) in [6.45, 7) is 1.34. The maximum atomic E-state index is 12.2. The maximum absolute atomic E-state index is 12.2. The van der Waals surface area contributed by atoms with E-state index in [0.717, 1.165) is 35.0 Å². The Labute approximate surface area is 167 Å². The van der Waals surface area contributed by atoms with Gasteiger partial charge in [-0.3, -0.25) is 0 Å². The number of likely N-dealkylation sites (N-methyl/N-ethyl adjacent to an activating group) is 1. The molecular formula is C22H27N3O2S. The SMILES string of the molecule is CN(C)CCc1c[nH]c2ccc(C=CS(=O)(=O)NCCc3ccccc3)cc12. The molecule has 148 valence electrons. The summed E-state index contributed by atoms with van der Waals surface area (Å²) in [6, 6.07) is 15.8. The molecule has 5 nitrogen and oxygen atoms in total. The molecule has 6 heteroatoms. The fourth-order valence-corrected chi connectivity index (χ4v) is 3.87. The van der Waals surface area contributed by atoms with Gasteiger partial charge in [0.15, 0.2) is 0 Å². The molecule has 1 heterocycles. The van der Waals surface area contributed by atoms with Crippen LogP contribution in [0.25, 0.3) is 17.0 Å². The molecule has 0 saturated heterocycles. The first kappa shape index (κ1) is 20.3. The van der Waals surface area contributed by atoms with Crippen molar-refractivity contribution in [1.29, 1.82) is 0 Å². The molecule has 0 aliphatic carbocycles. The van der Waals surface area contributed by atoms with Gasteiger partial charge >= 0.3 is 0 Å². The van der Waals surface area contributed by atoms with Gasteiger partial charge in [-0.25, -0.2) is 13.1 Å². The van der Waals surface area contributed by atoms with Crippen LogP contribution in [0.1, 0.15) is 16.7 Å². The summed E-state index contributed by atoms with van der Waals surface area (Å²) < 4.78 is 27.1. The van der Waals surface area contributed by atoms with Crippen LogP contribution in [0.5, 0.6) is 0 Å². The molecule has 0 fully saturated rings. The van der Waals surface area contributed by atoms with Gasteiger partial charge < -0.3 is 9.88 Å². The second kappa shape index (κ2) is 9.19. The van der Waals surface area contributed by atoms with Gasteiger partial charge in [-0.1, -0.05) is 36.4 Å². The summed E-state index contributed by atoms with van der Waals surface area (Å²) in [4.78, 5) is 5.43. The number of rotatable bonds is 9. The molecule has 2 aromatic carbocycles. The van der Waals surface area contributed by atoms with Gasteiger partial charge in [0, 0.05) is 35.6 Å². The molecule has 0 radical (unpaired) electrons. The van der Waals surface area contributed by atoms with Crippen molar-refractivity contribution in [3.8, 4) is 0 Å². The fraction of sp³-hybridized carbons (Fsp3) is 0.273. The van der Waals surface area contributed by atoms with Crippen molar-refractivity contribution in [3.63, 3.8) is 0 Å². The lowest BCUT2D eigenvalue weighted by Gasteiger charge is -2.08. The molecule has 0 unspecified atom stereocenters. The number of aromatic nitrogens is 1. The molecule has 0 saturated carbocycles. The third-order valence-corrected chi connectivity index (χ3v) is 5.72. The van der Waals surface area contributed by atoms with Crippen LogP contribution in [0, 0.1) is 0 Å². The van der Waals surface area contributed by atoms with E-state index in [1.165, 1.54) is 11.0 Å². The molecular weight excluding hydrogens is 370 g/mol. The largest absolute Gasteiger partial charge is 0.361 e. The van der Waals surface area contributed by atoms with Crippen LogP contribution in [0.2, 0.25) is 0 Å². The topological polar surface area (TPSA) is 65.2 Å². The van der Waals surface area contributed by atoms with E-state index < -0.39 is 10.0 Å². The highest BCUT2D eigenvalue weighted by Gasteiger charge is 2.07.